The van der Waals surface area contributed by atoms with Gasteiger partial charge in [-0.3, -0.25) is 4.79 Å². The zero-order chi connectivity index (χ0) is 24.9. The first kappa shape index (κ1) is 24.0. The van der Waals surface area contributed by atoms with Crippen LogP contribution in [0.25, 0.3) is 11.1 Å². The Bertz CT molecular complexity index is 1190. The molecule has 1 unspecified atom stereocenters. The van der Waals surface area contributed by atoms with Crippen LogP contribution >= 0.6 is 0 Å². The van der Waals surface area contributed by atoms with Crippen LogP contribution in [0.4, 0.5) is 4.79 Å². The maximum Gasteiger partial charge on any atom is 0.407 e. The Kier molecular flexibility index (Phi) is 7.15. The van der Waals surface area contributed by atoms with Crippen LogP contribution in [0.15, 0.2) is 72.8 Å². The summed E-state index contributed by atoms with van der Waals surface area (Å²) in [4.78, 5) is 37.5. The van der Waals surface area contributed by atoms with Crippen molar-refractivity contribution in [3.63, 3.8) is 0 Å². The van der Waals surface area contributed by atoms with E-state index in [0.29, 0.717) is 12.0 Å². The Labute approximate surface area is 204 Å². The Morgan fingerprint density at radius 2 is 1.51 bits per heavy atom. The number of benzene rings is 3. The molecule has 0 radical (unpaired) electrons. The Morgan fingerprint density at radius 1 is 0.943 bits per heavy atom. The molecular formula is C28H28N2O5. The Balaban J connectivity index is 1.32. The lowest BCUT2D eigenvalue weighted by Gasteiger charge is -2.23. The Hall–Kier alpha value is -4.13. The second-order valence-electron chi connectivity index (χ2n) is 8.55. The molecule has 0 heterocycles. The lowest BCUT2D eigenvalue weighted by atomic mass is 9.98. The van der Waals surface area contributed by atoms with Crippen LogP contribution in [0.5, 0.6) is 0 Å². The number of carboxylic acid groups (broad SMARTS) is 1. The van der Waals surface area contributed by atoms with Gasteiger partial charge in [0.25, 0.3) is 5.91 Å². The largest absolute Gasteiger partial charge is 0.480 e. The molecule has 3 aromatic carbocycles. The van der Waals surface area contributed by atoms with Crippen molar-refractivity contribution in [2.24, 2.45) is 0 Å². The van der Waals surface area contributed by atoms with Crippen LogP contribution in [0.1, 0.15) is 46.3 Å². The van der Waals surface area contributed by atoms with Gasteiger partial charge < -0.3 is 20.1 Å². The van der Waals surface area contributed by atoms with Gasteiger partial charge in [-0.15, -0.1) is 0 Å². The first-order chi connectivity index (χ1) is 16.9. The molecule has 0 spiro atoms. The van der Waals surface area contributed by atoms with Gasteiger partial charge in [0.05, 0.1) is 0 Å². The van der Waals surface area contributed by atoms with Crippen molar-refractivity contribution in [2.75, 3.05) is 13.7 Å². The average molecular weight is 473 g/mol. The minimum Gasteiger partial charge on any atom is -0.480 e. The van der Waals surface area contributed by atoms with Gasteiger partial charge in [-0.05, 0) is 46.4 Å². The topological polar surface area (TPSA) is 95.9 Å². The van der Waals surface area contributed by atoms with Gasteiger partial charge >= 0.3 is 12.1 Å². The second kappa shape index (κ2) is 10.4. The molecule has 1 aliphatic rings. The molecule has 180 valence electrons. The van der Waals surface area contributed by atoms with Crippen molar-refractivity contribution in [1.29, 1.82) is 0 Å². The number of carbonyl (C=O) groups is 3. The van der Waals surface area contributed by atoms with Gasteiger partial charge in [-0.2, -0.15) is 0 Å². The van der Waals surface area contributed by atoms with Crippen LogP contribution in [0.3, 0.4) is 0 Å². The molecular weight excluding hydrogens is 444 g/mol. The number of hydrogen-bond donors (Lipinski definition) is 2. The summed E-state index contributed by atoms with van der Waals surface area (Å²) in [5, 5.41) is 12.0. The molecule has 35 heavy (non-hydrogen) atoms. The molecule has 2 N–H and O–H groups in total. The first-order valence-electron chi connectivity index (χ1n) is 11.6. The Morgan fingerprint density at radius 3 is 2.06 bits per heavy atom. The standard InChI is InChI=1S/C28H28N2O5/c1-3-25(27(32)33)30(2)26(31)19-14-12-18(13-15-19)16-29-28(34)35-17-24-22-10-6-4-8-20(22)21-9-5-7-11-23(21)24/h4-15,24-25H,3,16-17H2,1-2H3,(H,29,34)(H,32,33). The summed E-state index contributed by atoms with van der Waals surface area (Å²) in [6.07, 6.45) is -0.196. The fourth-order valence-corrected chi connectivity index (χ4v) is 4.55. The number of amides is 2. The number of hydrogen-bond acceptors (Lipinski definition) is 4. The van der Waals surface area contributed by atoms with E-state index < -0.39 is 18.1 Å². The third-order valence-electron chi connectivity index (χ3n) is 6.44. The molecule has 4 rings (SSSR count). The maximum absolute atomic E-state index is 12.6. The normalized spacial score (nSPS) is 12.9. The molecule has 0 bridgehead atoms. The number of carbonyl (C=O) groups excluding carboxylic acids is 2. The number of likely N-dealkylation sites (N-methyl/N-ethyl adjacent to an activating group) is 1. The summed E-state index contributed by atoms with van der Waals surface area (Å²) in [6.45, 7) is 2.20. The van der Waals surface area contributed by atoms with Crippen molar-refractivity contribution >= 4 is 18.0 Å². The van der Waals surface area contributed by atoms with E-state index in [1.807, 2.05) is 24.3 Å². The molecule has 2 amide bonds. The van der Waals surface area contributed by atoms with Gasteiger partial charge in [0.15, 0.2) is 0 Å². The van der Waals surface area contributed by atoms with E-state index >= 15 is 0 Å². The minimum atomic E-state index is -1.03. The number of ether oxygens (including phenoxy) is 1. The third-order valence-corrected chi connectivity index (χ3v) is 6.44. The highest BCUT2D eigenvalue weighted by molar-refractivity contribution is 5.96. The van der Waals surface area contributed by atoms with Gasteiger partial charge in [0.2, 0.25) is 0 Å². The first-order valence-corrected chi connectivity index (χ1v) is 11.6. The van der Waals surface area contributed by atoms with Crippen LogP contribution in [-0.4, -0.2) is 47.7 Å². The zero-order valence-electron chi connectivity index (χ0n) is 19.7. The molecule has 3 aromatic rings. The van der Waals surface area contributed by atoms with E-state index in [0.717, 1.165) is 16.7 Å². The third kappa shape index (κ3) is 5.04. The second-order valence-corrected chi connectivity index (χ2v) is 8.55. The molecule has 7 nitrogen and oxygen atoms in total. The SMILES string of the molecule is CCC(C(=O)O)N(C)C(=O)c1ccc(CNC(=O)OCC2c3ccccc3-c3ccccc32)cc1. The lowest BCUT2D eigenvalue weighted by Crippen LogP contribution is -2.41. The summed E-state index contributed by atoms with van der Waals surface area (Å²) in [6, 6.07) is 22.2. The van der Waals surface area contributed by atoms with Crippen LogP contribution in [-0.2, 0) is 16.1 Å². The molecule has 1 atom stereocenters. The molecule has 0 aromatic heterocycles. The van der Waals surface area contributed by atoms with E-state index in [4.69, 9.17) is 4.74 Å². The van der Waals surface area contributed by atoms with Crippen molar-refractivity contribution in [1.82, 2.24) is 10.2 Å². The van der Waals surface area contributed by atoms with E-state index in [1.54, 1.807) is 31.2 Å². The van der Waals surface area contributed by atoms with Gasteiger partial charge in [0, 0.05) is 25.1 Å². The number of fused-ring (bicyclic) bond motifs is 3. The molecule has 0 saturated heterocycles. The monoisotopic (exact) mass is 472 g/mol. The smallest absolute Gasteiger partial charge is 0.407 e. The highest BCUT2D eigenvalue weighted by atomic mass is 16.5. The molecule has 1 aliphatic carbocycles. The zero-order valence-corrected chi connectivity index (χ0v) is 19.7. The summed E-state index contributed by atoms with van der Waals surface area (Å²) in [7, 11) is 1.48. The minimum absolute atomic E-state index is 0.00631. The van der Waals surface area contributed by atoms with E-state index in [9.17, 15) is 19.5 Å². The summed E-state index contributed by atoms with van der Waals surface area (Å²) in [5.41, 5.74) is 5.83. The number of nitrogens with zero attached hydrogens (tertiary/aromatic N) is 1. The maximum atomic E-state index is 12.6. The highest BCUT2D eigenvalue weighted by Gasteiger charge is 2.29. The van der Waals surface area contributed by atoms with E-state index in [2.05, 4.69) is 29.6 Å². The van der Waals surface area contributed by atoms with Gasteiger partial charge in [0.1, 0.15) is 12.6 Å². The fourth-order valence-electron chi connectivity index (χ4n) is 4.55. The molecule has 0 saturated carbocycles. The molecule has 0 aliphatic heterocycles. The number of alkyl carbamates (subject to hydrolysis) is 1. The van der Waals surface area contributed by atoms with Crippen molar-refractivity contribution in [3.05, 3.63) is 95.1 Å². The van der Waals surface area contributed by atoms with Crippen molar-refractivity contribution < 1.29 is 24.2 Å². The quantitative estimate of drug-likeness (QED) is 0.497. The summed E-state index contributed by atoms with van der Waals surface area (Å²) >= 11 is 0. The average Bonchev–Trinajstić information content (AvgIpc) is 3.20. The van der Waals surface area contributed by atoms with Gasteiger partial charge in [-0.1, -0.05) is 67.6 Å². The van der Waals surface area contributed by atoms with Gasteiger partial charge in [-0.25, -0.2) is 9.59 Å². The summed E-state index contributed by atoms with van der Waals surface area (Å²) in [5.74, 6) is -1.41. The number of nitrogens with one attached hydrogen (secondary N) is 1. The van der Waals surface area contributed by atoms with Crippen molar-refractivity contribution in [3.8, 4) is 11.1 Å². The predicted octanol–water partition coefficient (Wildman–Crippen LogP) is 4.66. The van der Waals surface area contributed by atoms with Crippen molar-refractivity contribution in [2.45, 2.75) is 31.8 Å². The molecule has 7 heteroatoms. The predicted molar refractivity (Wildman–Crippen MR) is 132 cm³/mol. The number of rotatable bonds is 8. The lowest BCUT2D eigenvalue weighted by molar-refractivity contribution is -0.142. The fraction of sp³-hybridized carbons (Fsp3) is 0.250. The van der Waals surface area contributed by atoms with Crippen LogP contribution < -0.4 is 5.32 Å². The summed E-state index contributed by atoms with van der Waals surface area (Å²) < 4.78 is 5.55. The number of aliphatic carboxylic acids is 1. The van der Waals surface area contributed by atoms with Crippen LogP contribution in [0, 0.1) is 0 Å². The van der Waals surface area contributed by atoms with Crippen LogP contribution in [0.2, 0.25) is 0 Å². The molecule has 0 fully saturated rings. The van der Waals surface area contributed by atoms with E-state index in [-0.39, 0.29) is 25.0 Å². The number of carboxylic acids is 1. The highest BCUT2D eigenvalue weighted by Crippen LogP contribution is 2.44. The van der Waals surface area contributed by atoms with E-state index in [1.165, 1.54) is 23.1 Å².